The first-order valence-corrected chi connectivity index (χ1v) is 17.7. The predicted octanol–water partition coefficient (Wildman–Crippen LogP) is 13.8. The minimum Gasteiger partial charge on any atom is -0.455 e. The molecule has 0 N–H and O–H groups in total. The Labute approximate surface area is 297 Å². The first kappa shape index (κ1) is 29.5. The van der Waals surface area contributed by atoms with Gasteiger partial charge in [0.2, 0.25) is 0 Å². The van der Waals surface area contributed by atoms with Gasteiger partial charge < -0.3 is 9.32 Å². The van der Waals surface area contributed by atoms with Gasteiger partial charge in [-0.1, -0.05) is 147 Å². The van der Waals surface area contributed by atoms with Crippen molar-refractivity contribution in [3.05, 3.63) is 187 Å². The van der Waals surface area contributed by atoms with Crippen molar-refractivity contribution in [3.8, 4) is 33.4 Å². The minimum atomic E-state index is -0.0601. The van der Waals surface area contributed by atoms with E-state index in [0.29, 0.717) is 0 Å². The first-order chi connectivity index (χ1) is 25.1. The van der Waals surface area contributed by atoms with Gasteiger partial charge in [0.05, 0.1) is 5.69 Å². The monoisotopic (exact) mass is 653 g/mol. The van der Waals surface area contributed by atoms with Gasteiger partial charge in [0, 0.05) is 38.3 Å². The van der Waals surface area contributed by atoms with Gasteiger partial charge in [-0.25, -0.2) is 0 Å². The van der Waals surface area contributed by atoms with Crippen molar-refractivity contribution in [1.29, 1.82) is 0 Å². The van der Waals surface area contributed by atoms with Gasteiger partial charge in [0.15, 0.2) is 0 Å². The van der Waals surface area contributed by atoms with Crippen LogP contribution in [0.5, 0.6) is 0 Å². The SMILES string of the molecule is CC1(C)c2ccccc2-c2cc(N(c3ccc(-c4ccccc4-c4ccccc4)cc3)c3cccc4c3ccc3c5ccccc5oc43)ccc21. The van der Waals surface area contributed by atoms with Crippen molar-refractivity contribution >= 4 is 49.8 Å². The molecule has 1 aliphatic rings. The Morgan fingerprint density at radius 2 is 1.00 bits per heavy atom. The van der Waals surface area contributed by atoms with E-state index < -0.39 is 0 Å². The Balaban J connectivity index is 1.17. The summed E-state index contributed by atoms with van der Waals surface area (Å²) in [6.45, 7) is 4.68. The summed E-state index contributed by atoms with van der Waals surface area (Å²) < 4.78 is 6.53. The standard InChI is InChI=1S/C49H35NO/c1-49(2)44-20-10-8-17-38(44)43-31-35(27-30-45(43)49)50(34-25-23-33(24-26-34)37-16-7-6-15-36(37)32-13-4-3-5-14-32)46-21-12-19-41-39(46)28-29-42-40-18-9-11-22-47(40)51-48(41)42/h3-31H,1-2H3. The zero-order chi connectivity index (χ0) is 34.1. The van der Waals surface area contributed by atoms with Crippen molar-refractivity contribution in [1.82, 2.24) is 0 Å². The predicted molar refractivity (Wildman–Crippen MR) is 214 cm³/mol. The fourth-order valence-corrected chi connectivity index (χ4v) is 8.39. The molecule has 0 unspecified atom stereocenters. The quantitative estimate of drug-likeness (QED) is 0.184. The van der Waals surface area contributed by atoms with Crippen molar-refractivity contribution in [2.45, 2.75) is 19.3 Å². The number of hydrogen-bond acceptors (Lipinski definition) is 2. The Kier molecular flexibility index (Phi) is 6.56. The summed E-state index contributed by atoms with van der Waals surface area (Å²) in [7, 11) is 0. The van der Waals surface area contributed by atoms with E-state index in [9.17, 15) is 0 Å². The van der Waals surface area contributed by atoms with Crippen LogP contribution in [0.1, 0.15) is 25.0 Å². The number of benzene rings is 8. The van der Waals surface area contributed by atoms with E-state index in [-0.39, 0.29) is 5.41 Å². The summed E-state index contributed by atoms with van der Waals surface area (Å²) in [6, 6.07) is 63.6. The number of fused-ring (bicyclic) bond motifs is 8. The molecule has 0 aliphatic heterocycles. The molecule has 51 heavy (non-hydrogen) atoms. The molecule has 0 atom stereocenters. The number of furan rings is 1. The van der Waals surface area contributed by atoms with Crippen LogP contribution >= 0.6 is 0 Å². The van der Waals surface area contributed by atoms with Crippen LogP contribution in [-0.2, 0) is 5.41 Å². The highest BCUT2D eigenvalue weighted by molar-refractivity contribution is 6.17. The van der Waals surface area contributed by atoms with Crippen molar-refractivity contribution in [3.63, 3.8) is 0 Å². The molecule has 1 aromatic heterocycles. The second-order valence-corrected chi connectivity index (χ2v) is 14.1. The molecule has 0 bridgehead atoms. The van der Waals surface area contributed by atoms with E-state index >= 15 is 0 Å². The van der Waals surface area contributed by atoms with E-state index in [0.717, 1.165) is 49.8 Å². The van der Waals surface area contributed by atoms with Crippen molar-refractivity contribution < 1.29 is 4.42 Å². The molecule has 0 saturated carbocycles. The maximum atomic E-state index is 6.53. The normalized spacial score (nSPS) is 13.1. The topological polar surface area (TPSA) is 16.4 Å². The van der Waals surface area contributed by atoms with Gasteiger partial charge in [-0.05, 0) is 87.0 Å². The summed E-state index contributed by atoms with van der Waals surface area (Å²) in [4.78, 5) is 2.41. The fraction of sp³-hybridized carbons (Fsp3) is 0.0612. The Bertz CT molecular complexity index is 2770. The molecule has 2 heteroatoms. The molecule has 9 aromatic rings. The largest absolute Gasteiger partial charge is 0.455 e. The molecule has 0 saturated heterocycles. The summed E-state index contributed by atoms with van der Waals surface area (Å²) in [5.41, 5.74) is 15.3. The number of anilines is 3. The molecule has 242 valence electrons. The van der Waals surface area contributed by atoms with E-state index in [2.05, 4.69) is 189 Å². The lowest BCUT2D eigenvalue weighted by Crippen LogP contribution is -2.15. The zero-order valence-corrected chi connectivity index (χ0v) is 28.6. The third kappa shape index (κ3) is 4.57. The fourth-order valence-electron chi connectivity index (χ4n) is 8.39. The highest BCUT2D eigenvalue weighted by atomic mass is 16.3. The number of hydrogen-bond donors (Lipinski definition) is 0. The van der Waals surface area contributed by atoms with Gasteiger partial charge in [0.1, 0.15) is 11.2 Å². The lowest BCUT2D eigenvalue weighted by atomic mass is 9.82. The van der Waals surface area contributed by atoms with E-state index in [4.69, 9.17) is 4.42 Å². The smallest absolute Gasteiger partial charge is 0.143 e. The molecule has 0 spiro atoms. The van der Waals surface area contributed by atoms with Crippen LogP contribution in [0, 0.1) is 0 Å². The zero-order valence-electron chi connectivity index (χ0n) is 28.6. The molecule has 10 rings (SSSR count). The van der Waals surface area contributed by atoms with Gasteiger partial charge in [-0.3, -0.25) is 0 Å². The summed E-state index contributed by atoms with van der Waals surface area (Å²) in [5.74, 6) is 0. The molecule has 1 aliphatic carbocycles. The van der Waals surface area contributed by atoms with Crippen molar-refractivity contribution in [2.24, 2.45) is 0 Å². The second kappa shape index (κ2) is 11.3. The van der Waals surface area contributed by atoms with Gasteiger partial charge in [0.25, 0.3) is 0 Å². The van der Waals surface area contributed by atoms with Gasteiger partial charge >= 0.3 is 0 Å². The lowest BCUT2D eigenvalue weighted by Gasteiger charge is -2.28. The molecular weight excluding hydrogens is 619 g/mol. The first-order valence-electron chi connectivity index (χ1n) is 17.7. The average molecular weight is 654 g/mol. The van der Waals surface area contributed by atoms with Crippen LogP contribution in [0.3, 0.4) is 0 Å². The summed E-state index contributed by atoms with van der Waals surface area (Å²) >= 11 is 0. The second-order valence-electron chi connectivity index (χ2n) is 14.1. The van der Waals surface area contributed by atoms with E-state index in [1.165, 1.54) is 44.5 Å². The maximum absolute atomic E-state index is 6.53. The van der Waals surface area contributed by atoms with Crippen LogP contribution in [0.4, 0.5) is 17.1 Å². The Hall–Kier alpha value is -6.38. The third-order valence-electron chi connectivity index (χ3n) is 10.9. The highest BCUT2D eigenvalue weighted by Crippen LogP contribution is 2.51. The van der Waals surface area contributed by atoms with Crippen LogP contribution in [0.15, 0.2) is 180 Å². The third-order valence-corrected chi connectivity index (χ3v) is 10.9. The highest BCUT2D eigenvalue weighted by Gasteiger charge is 2.35. The summed E-state index contributed by atoms with van der Waals surface area (Å²) in [6.07, 6.45) is 0. The molecule has 0 radical (unpaired) electrons. The van der Waals surface area contributed by atoms with Crippen molar-refractivity contribution in [2.75, 3.05) is 4.90 Å². The Morgan fingerprint density at radius 3 is 1.80 bits per heavy atom. The van der Waals surface area contributed by atoms with Crippen LogP contribution in [0.2, 0.25) is 0 Å². The van der Waals surface area contributed by atoms with E-state index in [1.807, 2.05) is 6.07 Å². The number of nitrogens with zero attached hydrogens (tertiary/aromatic N) is 1. The summed E-state index contributed by atoms with van der Waals surface area (Å²) in [5, 5.41) is 4.53. The van der Waals surface area contributed by atoms with Crippen LogP contribution in [0.25, 0.3) is 66.1 Å². The van der Waals surface area contributed by atoms with Crippen LogP contribution < -0.4 is 4.90 Å². The van der Waals surface area contributed by atoms with E-state index in [1.54, 1.807) is 0 Å². The minimum absolute atomic E-state index is 0.0601. The number of para-hydroxylation sites is 1. The molecule has 2 nitrogen and oxygen atoms in total. The molecule has 0 fully saturated rings. The van der Waals surface area contributed by atoms with Gasteiger partial charge in [-0.15, -0.1) is 0 Å². The Morgan fingerprint density at radius 1 is 0.412 bits per heavy atom. The molecule has 1 heterocycles. The maximum Gasteiger partial charge on any atom is 0.143 e. The number of rotatable bonds is 5. The average Bonchev–Trinajstić information content (AvgIpc) is 3.68. The van der Waals surface area contributed by atoms with Crippen LogP contribution in [-0.4, -0.2) is 0 Å². The molecular formula is C49H35NO. The molecule has 8 aromatic carbocycles. The lowest BCUT2D eigenvalue weighted by molar-refractivity contribution is 0.660. The molecule has 0 amide bonds. The van der Waals surface area contributed by atoms with Gasteiger partial charge in [-0.2, -0.15) is 0 Å².